The fourth-order valence-corrected chi connectivity index (χ4v) is 4.16. The Morgan fingerprint density at radius 2 is 2.04 bits per heavy atom. The molecular weight excluding hydrogens is 308 g/mol. The predicted octanol–water partition coefficient (Wildman–Crippen LogP) is 4.30. The van der Waals surface area contributed by atoms with E-state index in [4.69, 9.17) is 10.1 Å². The Labute approximate surface area is 150 Å². The smallest absolute Gasteiger partial charge is 0.0930 e. The van der Waals surface area contributed by atoms with Gasteiger partial charge in [-0.3, -0.25) is 9.67 Å². The molecule has 0 bridgehead atoms. The summed E-state index contributed by atoms with van der Waals surface area (Å²) in [6, 6.07) is 7.17. The van der Waals surface area contributed by atoms with Gasteiger partial charge < -0.3 is 4.90 Å². The van der Waals surface area contributed by atoms with Gasteiger partial charge in [0.05, 0.1) is 11.6 Å². The van der Waals surface area contributed by atoms with Crippen molar-refractivity contribution >= 4 is 16.6 Å². The molecule has 4 rings (SSSR count). The van der Waals surface area contributed by atoms with Gasteiger partial charge in [0, 0.05) is 35.9 Å². The Morgan fingerprint density at radius 3 is 2.76 bits per heavy atom. The Kier molecular flexibility index (Phi) is 4.19. The molecule has 4 nitrogen and oxygen atoms in total. The monoisotopic (exact) mass is 338 g/mol. The van der Waals surface area contributed by atoms with Gasteiger partial charge >= 0.3 is 0 Å². The number of hydrogen-bond acceptors (Lipinski definition) is 3. The van der Waals surface area contributed by atoms with E-state index >= 15 is 0 Å². The first-order valence-electron chi connectivity index (χ1n) is 9.66. The van der Waals surface area contributed by atoms with Crippen molar-refractivity contribution in [3.63, 3.8) is 0 Å². The molecule has 0 amide bonds. The molecule has 2 aliphatic heterocycles. The Balaban J connectivity index is 1.61. The Hall–Kier alpha value is -1.68. The maximum Gasteiger partial charge on any atom is 0.0930 e. The first-order chi connectivity index (χ1) is 11.9. The number of likely N-dealkylation sites (tertiary alicyclic amines) is 1. The van der Waals surface area contributed by atoms with E-state index in [-0.39, 0.29) is 5.54 Å². The summed E-state index contributed by atoms with van der Waals surface area (Å²) in [4.78, 5) is 7.25. The van der Waals surface area contributed by atoms with E-state index < -0.39 is 0 Å². The van der Waals surface area contributed by atoms with Crippen LogP contribution in [-0.4, -0.2) is 46.1 Å². The Morgan fingerprint density at radius 1 is 1.20 bits per heavy atom. The standard InChI is InChI=1S/C21H30N4/c1-15-5-8-19(22-13-15)16-6-7-17-14-25(23-20(17)11-16)18-9-10-24(4)21(2,3)12-18/h6-7,11,14-15,18H,5,8-10,12-13H2,1-4H3/t15-,18?/m0/s1. The van der Waals surface area contributed by atoms with Crippen molar-refractivity contribution in [2.24, 2.45) is 10.9 Å². The van der Waals surface area contributed by atoms with Gasteiger partial charge in [0.1, 0.15) is 0 Å². The summed E-state index contributed by atoms with van der Waals surface area (Å²) in [7, 11) is 2.23. The second-order valence-electron chi connectivity index (χ2n) is 8.69. The van der Waals surface area contributed by atoms with Crippen LogP contribution >= 0.6 is 0 Å². The second-order valence-corrected chi connectivity index (χ2v) is 8.69. The largest absolute Gasteiger partial charge is 0.301 e. The lowest BCUT2D eigenvalue weighted by Crippen LogP contribution is -2.47. The van der Waals surface area contributed by atoms with Crippen LogP contribution in [0.4, 0.5) is 0 Å². The van der Waals surface area contributed by atoms with Crippen molar-refractivity contribution in [1.82, 2.24) is 14.7 Å². The van der Waals surface area contributed by atoms with Crippen LogP contribution in [0.1, 0.15) is 58.1 Å². The summed E-state index contributed by atoms with van der Waals surface area (Å²) in [5, 5.41) is 6.18. The minimum atomic E-state index is 0.236. The third kappa shape index (κ3) is 3.24. The summed E-state index contributed by atoms with van der Waals surface area (Å²) in [6.07, 6.45) is 6.89. The van der Waals surface area contributed by atoms with Crippen molar-refractivity contribution in [2.75, 3.05) is 20.1 Å². The maximum absolute atomic E-state index is 4.94. The van der Waals surface area contributed by atoms with E-state index in [9.17, 15) is 0 Å². The number of rotatable bonds is 2. The molecule has 2 aromatic rings. The highest BCUT2D eigenvalue weighted by molar-refractivity contribution is 6.03. The number of aromatic nitrogens is 2. The molecule has 1 aromatic heterocycles. The minimum absolute atomic E-state index is 0.236. The molecule has 2 aliphatic rings. The van der Waals surface area contributed by atoms with Crippen LogP contribution in [0.3, 0.4) is 0 Å². The predicted molar refractivity (Wildman–Crippen MR) is 105 cm³/mol. The lowest BCUT2D eigenvalue weighted by atomic mass is 9.87. The van der Waals surface area contributed by atoms with Crippen LogP contribution in [0.25, 0.3) is 10.9 Å². The fraction of sp³-hybridized carbons (Fsp3) is 0.619. The number of hydrogen-bond donors (Lipinski definition) is 0. The maximum atomic E-state index is 4.94. The van der Waals surface area contributed by atoms with Gasteiger partial charge in [-0.1, -0.05) is 19.1 Å². The summed E-state index contributed by atoms with van der Waals surface area (Å²) in [6.45, 7) is 9.06. The first-order valence-corrected chi connectivity index (χ1v) is 9.66. The summed E-state index contributed by atoms with van der Waals surface area (Å²) in [5.74, 6) is 0.722. The zero-order valence-corrected chi connectivity index (χ0v) is 16.0. The molecule has 3 heterocycles. The zero-order chi connectivity index (χ0) is 17.6. The zero-order valence-electron chi connectivity index (χ0n) is 16.0. The van der Waals surface area contributed by atoms with Crippen LogP contribution in [-0.2, 0) is 0 Å². The Bertz CT molecular complexity index is 801. The van der Waals surface area contributed by atoms with E-state index in [2.05, 4.69) is 61.8 Å². The third-order valence-electron chi connectivity index (χ3n) is 6.27. The topological polar surface area (TPSA) is 33.4 Å². The summed E-state index contributed by atoms with van der Waals surface area (Å²) in [5.41, 5.74) is 3.86. The van der Waals surface area contributed by atoms with E-state index in [0.717, 1.165) is 37.4 Å². The van der Waals surface area contributed by atoms with E-state index in [0.29, 0.717) is 6.04 Å². The normalized spacial score (nSPS) is 27.4. The van der Waals surface area contributed by atoms with Crippen molar-refractivity contribution in [2.45, 2.75) is 58.0 Å². The molecule has 0 N–H and O–H groups in total. The third-order valence-corrected chi connectivity index (χ3v) is 6.27. The molecule has 134 valence electrons. The summed E-state index contributed by atoms with van der Waals surface area (Å²) < 4.78 is 2.22. The van der Waals surface area contributed by atoms with Crippen molar-refractivity contribution < 1.29 is 0 Å². The molecule has 0 saturated carbocycles. The molecule has 0 radical (unpaired) electrons. The molecule has 0 spiro atoms. The van der Waals surface area contributed by atoms with Crippen LogP contribution in [0.2, 0.25) is 0 Å². The lowest BCUT2D eigenvalue weighted by Gasteiger charge is -2.43. The molecule has 4 heteroatoms. The van der Waals surface area contributed by atoms with Crippen LogP contribution in [0.15, 0.2) is 29.4 Å². The molecule has 2 atom stereocenters. The number of nitrogens with zero attached hydrogens (tertiary/aromatic N) is 4. The van der Waals surface area contributed by atoms with Crippen molar-refractivity contribution in [3.8, 4) is 0 Å². The molecule has 1 unspecified atom stereocenters. The van der Waals surface area contributed by atoms with E-state index in [1.54, 1.807) is 0 Å². The van der Waals surface area contributed by atoms with Crippen molar-refractivity contribution in [1.29, 1.82) is 0 Å². The molecule has 25 heavy (non-hydrogen) atoms. The molecule has 1 saturated heterocycles. The van der Waals surface area contributed by atoms with Crippen molar-refractivity contribution in [3.05, 3.63) is 30.0 Å². The van der Waals surface area contributed by atoms with Crippen LogP contribution in [0.5, 0.6) is 0 Å². The highest BCUT2D eigenvalue weighted by Gasteiger charge is 2.33. The molecule has 0 aliphatic carbocycles. The van der Waals surface area contributed by atoms with E-state index in [1.807, 2.05) is 0 Å². The van der Waals surface area contributed by atoms with Gasteiger partial charge in [-0.05, 0) is 64.1 Å². The highest BCUT2D eigenvalue weighted by atomic mass is 15.3. The van der Waals surface area contributed by atoms with Gasteiger partial charge in [0.15, 0.2) is 0 Å². The van der Waals surface area contributed by atoms with Crippen LogP contribution in [0, 0.1) is 5.92 Å². The molecular formula is C21H30N4. The minimum Gasteiger partial charge on any atom is -0.301 e. The highest BCUT2D eigenvalue weighted by Crippen LogP contribution is 2.33. The first kappa shape index (κ1) is 16.8. The summed E-state index contributed by atoms with van der Waals surface area (Å²) >= 11 is 0. The second kappa shape index (κ2) is 6.24. The van der Waals surface area contributed by atoms with Gasteiger partial charge in [-0.2, -0.15) is 5.10 Å². The molecule has 1 aromatic carbocycles. The van der Waals surface area contributed by atoms with Gasteiger partial charge in [-0.25, -0.2) is 0 Å². The number of aliphatic imine (C=N–C) groups is 1. The number of benzene rings is 1. The SMILES string of the molecule is C[C@H]1CCC(c2ccc3cn(C4CCN(C)C(C)(C)C4)nc3c2)=NC1. The van der Waals surface area contributed by atoms with E-state index in [1.165, 1.54) is 29.5 Å². The average molecular weight is 338 g/mol. The van der Waals surface area contributed by atoms with Gasteiger partial charge in [0.25, 0.3) is 0 Å². The lowest BCUT2D eigenvalue weighted by molar-refractivity contribution is 0.0721. The number of fused-ring (bicyclic) bond motifs is 1. The molecule has 1 fully saturated rings. The fourth-order valence-electron chi connectivity index (χ4n) is 4.16. The van der Waals surface area contributed by atoms with Gasteiger partial charge in [0.2, 0.25) is 0 Å². The van der Waals surface area contributed by atoms with Gasteiger partial charge in [-0.15, -0.1) is 0 Å². The quantitative estimate of drug-likeness (QED) is 0.818. The average Bonchev–Trinajstić information content (AvgIpc) is 3.01. The number of piperidine rings is 1. The van der Waals surface area contributed by atoms with Crippen LogP contribution < -0.4 is 0 Å².